The Bertz CT molecular complexity index is 304. The molecule has 1 amide bonds. The van der Waals surface area contributed by atoms with Gasteiger partial charge < -0.3 is 10.6 Å². The van der Waals surface area contributed by atoms with Gasteiger partial charge in [-0.15, -0.1) is 5.10 Å². The van der Waals surface area contributed by atoms with Crippen LogP contribution < -0.4 is 10.6 Å². The number of rotatable bonds is 3. The van der Waals surface area contributed by atoms with E-state index in [0.29, 0.717) is 0 Å². The molecule has 0 aliphatic carbocycles. The van der Waals surface area contributed by atoms with Crippen molar-refractivity contribution in [3.63, 3.8) is 0 Å². The van der Waals surface area contributed by atoms with Crippen LogP contribution in [0.2, 0.25) is 0 Å². The lowest BCUT2D eigenvalue weighted by molar-refractivity contribution is -0.122. The van der Waals surface area contributed by atoms with Crippen LogP contribution in [0.25, 0.3) is 0 Å². The normalized spacial score (nSPS) is 21.2. The third kappa shape index (κ3) is 3.02. The zero-order chi connectivity index (χ0) is 10.5. The van der Waals surface area contributed by atoms with Crippen molar-refractivity contribution in [2.75, 3.05) is 13.1 Å². The molecular weight excluding hydrogens is 194 g/mol. The second kappa shape index (κ2) is 4.88. The van der Waals surface area contributed by atoms with Gasteiger partial charge in [-0.25, -0.2) is 4.68 Å². The summed E-state index contributed by atoms with van der Waals surface area (Å²) < 4.78 is 1.52. The van der Waals surface area contributed by atoms with Crippen LogP contribution in [0.15, 0.2) is 12.4 Å². The highest BCUT2D eigenvalue weighted by Gasteiger charge is 2.15. The number of carbonyl (C=O) groups is 1. The molecule has 2 heterocycles. The Morgan fingerprint density at radius 1 is 1.67 bits per heavy atom. The molecule has 1 aliphatic heterocycles. The Hall–Kier alpha value is -1.43. The highest BCUT2D eigenvalue weighted by atomic mass is 16.2. The van der Waals surface area contributed by atoms with E-state index in [4.69, 9.17) is 0 Å². The SMILES string of the molecule is O=C(Cn1ccnn1)N[C@@H]1CCCNC1. The first-order valence-electron chi connectivity index (χ1n) is 5.19. The molecule has 0 spiro atoms. The first-order chi connectivity index (χ1) is 7.34. The number of hydrogen-bond donors (Lipinski definition) is 2. The standard InChI is InChI=1S/C9H15N5O/c15-9(7-14-5-4-11-13-14)12-8-2-1-3-10-6-8/h4-5,8,10H,1-3,6-7H2,(H,12,15)/t8-/m1/s1. The molecule has 1 aromatic heterocycles. The molecule has 82 valence electrons. The van der Waals surface area contributed by atoms with Gasteiger partial charge in [0.05, 0.1) is 6.20 Å². The van der Waals surface area contributed by atoms with E-state index in [0.717, 1.165) is 25.9 Å². The molecule has 1 aliphatic rings. The minimum atomic E-state index is -0.00537. The zero-order valence-corrected chi connectivity index (χ0v) is 8.52. The van der Waals surface area contributed by atoms with Crippen LogP contribution in [0.5, 0.6) is 0 Å². The van der Waals surface area contributed by atoms with Crippen LogP contribution in [0.3, 0.4) is 0 Å². The number of aromatic nitrogens is 3. The highest BCUT2D eigenvalue weighted by Crippen LogP contribution is 2.00. The Kier molecular flexibility index (Phi) is 3.29. The van der Waals surface area contributed by atoms with Crippen LogP contribution in [0.4, 0.5) is 0 Å². The maximum atomic E-state index is 11.6. The molecule has 6 nitrogen and oxygen atoms in total. The summed E-state index contributed by atoms with van der Waals surface area (Å²) in [6.07, 6.45) is 5.42. The van der Waals surface area contributed by atoms with E-state index in [9.17, 15) is 4.79 Å². The minimum Gasteiger partial charge on any atom is -0.350 e. The largest absolute Gasteiger partial charge is 0.350 e. The van der Waals surface area contributed by atoms with E-state index in [2.05, 4.69) is 20.9 Å². The third-order valence-corrected chi connectivity index (χ3v) is 2.44. The number of piperidine rings is 1. The van der Waals surface area contributed by atoms with Gasteiger partial charge in [-0.3, -0.25) is 4.79 Å². The fraction of sp³-hybridized carbons (Fsp3) is 0.667. The van der Waals surface area contributed by atoms with E-state index < -0.39 is 0 Å². The molecule has 0 bridgehead atoms. The van der Waals surface area contributed by atoms with Crippen molar-refractivity contribution in [1.82, 2.24) is 25.6 Å². The summed E-state index contributed by atoms with van der Waals surface area (Å²) in [6.45, 7) is 2.16. The van der Waals surface area contributed by atoms with Gasteiger partial charge >= 0.3 is 0 Å². The predicted octanol–water partition coefficient (Wildman–Crippen LogP) is -0.854. The lowest BCUT2D eigenvalue weighted by Crippen LogP contribution is -2.46. The average molecular weight is 209 g/mol. The highest BCUT2D eigenvalue weighted by molar-refractivity contribution is 5.75. The van der Waals surface area contributed by atoms with Crippen LogP contribution in [0, 0.1) is 0 Å². The van der Waals surface area contributed by atoms with Crippen molar-refractivity contribution in [3.8, 4) is 0 Å². The van der Waals surface area contributed by atoms with E-state index in [1.165, 1.54) is 4.68 Å². The first-order valence-corrected chi connectivity index (χ1v) is 5.19. The van der Waals surface area contributed by atoms with Crippen molar-refractivity contribution < 1.29 is 4.79 Å². The number of nitrogens with zero attached hydrogens (tertiary/aromatic N) is 3. The van der Waals surface area contributed by atoms with E-state index in [1.54, 1.807) is 12.4 Å². The van der Waals surface area contributed by atoms with Gasteiger partial charge in [-0.05, 0) is 19.4 Å². The zero-order valence-electron chi connectivity index (χ0n) is 8.52. The molecule has 0 unspecified atom stereocenters. The Balaban J connectivity index is 1.76. The fourth-order valence-electron chi connectivity index (χ4n) is 1.71. The molecule has 2 rings (SSSR count). The number of hydrogen-bond acceptors (Lipinski definition) is 4. The van der Waals surface area contributed by atoms with Crippen molar-refractivity contribution in [1.29, 1.82) is 0 Å². The third-order valence-electron chi connectivity index (χ3n) is 2.44. The second-order valence-electron chi connectivity index (χ2n) is 3.71. The van der Waals surface area contributed by atoms with Crippen molar-refractivity contribution in [2.45, 2.75) is 25.4 Å². The number of carbonyl (C=O) groups excluding carboxylic acids is 1. The van der Waals surface area contributed by atoms with Gasteiger partial charge in [-0.1, -0.05) is 5.21 Å². The van der Waals surface area contributed by atoms with Gasteiger partial charge in [-0.2, -0.15) is 0 Å². The molecule has 1 atom stereocenters. The Morgan fingerprint density at radius 2 is 2.60 bits per heavy atom. The smallest absolute Gasteiger partial charge is 0.242 e. The van der Waals surface area contributed by atoms with E-state index in [-0.39, 0.29) is 18.5 Å². The fourth-order valence-corrected chi connectivity index (χ4v) is 1.71. The summed E-state index contributed by atoms with van der Waals surface area (Å²) >= 11 is 0. The summed E-state index contributed by atoms with van der Waals surface area (Å²) in [5.74, 6) is -0.00537. The second-order valence-corrected chi connectivity index (χ2v) is 3.71. The molecule has 1 aromatic rings. The van der Waals surface area contributed by atoms with Crippen LogP contribution in [-0.4, -0.2) is 40.0 Å². The molecule has 0 radical (unpaired) electrons. The topological polar surface area (TPSA) is 71.8 Å². The van der Waals surface area contributed by atoms with Gasteiger partial charge in [0.15, 0.2) is 0 Å². The lowest BCUT2D eigenvalue weighted by atomic mass is 10.1. The molecule has 15 heavy (non-hydrogen) atoms. The van der Waals surface area contributed by atoms with Gasteiger partial charge in [0.1, 0.15) is 6.54 Å². The van der Waals surface area contributed by atoms with Crippen molar-refractivity contribution >= 4 is 5.91 Å². The summed E-state index contributed by atoms with van der Waals surface area (Å²) in [6, 6.07) is 0.259. The lowest BCUT2D eigenvalue weighted by Gasteiger charge is -2.23. The Morgan fingerprint density at radius 3 is 3.27 bits per heavy atom. The maximum absolute atomic E-state index is 11.6. The maximum Gasteiger partial charge on any atom is 0.242 e. The molecule has 1 fully saturated rings. The molecule has 1 saturated heterocycles. The summed E-state index contributed by atoms with van der Waals surface area (Å²) in [5.41, 5.74) is 0. The Labute approximate surface area is 88.0 Å². The average Bonchev–Trinajstić information content (AvgIpc) is 2.71. The number of amides is 1. The quantitative estimate of drug-likeness (QED) is 0.680. The number of nitrogens with one attached hydrogen (secondary N) is 2. The first kappa shape index (κ1) is 10.1. The predicted molar refractivity (Wildman–Crippen MR) is 54.1 cm³/mol. The molecular formula is C9H15N5O. The van der Waals surface area contributed by atoms with Crippen LogP contribution in [-0.2, 0) is 11.3 Å². The molecule has 6 heteroatoms. The monoisotopic (exact) mass is 209 g/mol. The molecule has 2 N–H and O–H groups in total. The summed E-state index contributed by atoms with van der Waals surface area (Å²) in [4.78, 5) is 11.6. The summed E-state index contributed by atoms with van der Waals surface area (Å²) in [7, 11) is 0. The van der Waals surface area contributed by atoms with Gasteiger partial charge in [0.2, 0.25) is 5.91 Å². The van der Waals surface area contributed by atoms with Crippen molar-refractivity contribution in [3.05, 3.63) is 12.4 Å². The van der Waals surface area contributed by atoms with Crippen LogP contribution >= 0.6 is 0 Å². The van der Waals surface area contributed by atoms with Gasteiger partial charge in [0, 0.05) is 18.8 Å². The summed E-state index contributed by atoms with van der Waals surface area (Å²) in [5, 5.41) is 13.6. The van der Waals surface area contributed by atoms with E-state index >= 15 is 0 Å². The molecule has 0 saturated carbocycles. The van der Waals surface area contributed by atoms with Gasteiger partial charge in [0.25, 0.3) is 0 Å². The van der Waals surface area contributed by atoms with Crippen LogP contribution in [0.1, 0.15) is 12.8 Å². The van der Waals surface area contributed by atoms with E-state index in [1.807, 2.05) is 0 Å². The van der Waals surface area contributed by atoms with Crippen molar-refractivity contribution in [2.24, 2.45) is 0 Å². The molecule has 0 aromatic carbocycles. The minimum absolute atomic E-state index is 0.00537.